The molecule has 0 atom stereocenters. The first-order valence-corrected chi connectivity index (χ1v) is 6.28. The minimum atomic E-state index is 0.723. The van der Waals surface area contributed by atoms with Crippen LogP contribution >= 0.6 is 0 Å². The molecule has 0 bridgehead atoms. The van der Waals surface area contributed by atoms with Crippen LogP contribution in [0.2, 0.25) is 0 Å². The molecule has 0 amide bonds. The topological polar surface area (TPSA) is 15.3 Å². The van der Waals surface area contributed by atoms with Crippen molar-refractivity contribution in [3.63, 3.8) is 0 Å². The average molecular weight is 196 g/mol. The standard InChI is InChI=1S/C12H24N2/c1-2-3-4-7-14-8-5-12(6-9-14)10-13-11-12/h13H,2-11H2,1H3. The van der Waals surface area contributed by atoms with E-state index < -0.39 is 0 Å². The Morgan fingerprint density at radius 2 is 1.86 bits per heavy atom. The van der Waals surface area contributed by atoms with Crippen LogP contribution in [0.5, 0.6) is 0 Å². The summed E-state index contributed by atoms with van der Waals surface area (Å²) in [5, 5.41) is 3.42. The number of nitrogens with one attached hydrogen (secondary N) is 1. The minimum absolute atomic E-state index is 0.723. The van der Waals surface area contributed by atoms with Gasteiger partial charge in [0.15, 0.2) is 0 Å². The summed E-state index contributed by atoms with van der Waals surface area (Å²) in [6, 6.07) is 0. The molecule has 82 valence electrons. The van der Waals surface area contributed by atoms with E-state index >= 15 is 0 Å². The molecule has 2 heteroatoms. The Hall–Kier alpha value is -0.0800. The molecule has 1 N–H and O–H groups in total. The lowest BCUT2D eigenvalue weighted by atomic mass is 9.73. The fourth-order valence-electron chi connectivity index (χ4n) is 2.67. The molecule has 14 heavy (non-hydrogen) atoms. The summed E-state index contributed by atoms with van der Waals surface area (Å²) < 4.78 is 0. The normalized spacial score (nSPS) is 26.4. The van der Waals surface area contributed by atoms with Crippen LogP contribution < -0.4 is 5.32 Å². The molecule has 2 nitrogen and oxygen atoms in total. The van der Waals surface area contributed by atoms with Gasteiger partial charge in [-0.3, -0.25) is 0 Å². The van der Waals surface area contributed by atoms with Crippen molar-refractivity contribution >= 4 is 0 Å². The molecule has 0 radical (unpaired) electrons. The van der Waals surface area contributed by atoms with E-state index in [-0.39, 0.29) is 0 Å². The summed E-state index contributed by atoms with van der Waals surface area (Å²) >= 11 is 0. The number of piperidine rings is 1. The predicted molar refractivity (Wildman–Crippen MR) is 60.5 cm³/mol. The van der Waals surface area contributed by atoms with Gasteiger partial charge < -0.3 is 10.2 Å². The van der Waals surface area contributed by atoms with E-state index in [0.717, 1.165) is 5.41 Å². The highest BCUT2D eigenvalue weighted by molar-refractivity contribution is 4.95. The highest BCUT2D eigenvalue weighted by atomic mass is 15.1. The second-order valence-electron chi connectivity index (χ2n) is 5.15. The van der Waals surface area contributed by atoms with Crippen molar-refractivity contribution in [1.82, 2.24) is 10.2 Å². The van der Waals surface area contributed by atoms with Crippen LogP contribution in [0.3, 0.4) is 0 Å². The maximum atomic E-state index is 3.42. The Bertz CT molecular complexity index is 165. The zero-order chi connectivity index (χ0) is 9.86. The Morgan fingerprint density at radius 3 is 2.36 bits per heavy atom. The third-order valence-electron chi connectivity index (χ3n) is 3.99. The fraction of sp³-hybridized carbons (Fsp3) is 1.00. The highest BCUT2D eigenvalue weighted by Crippen LogP contribution is 2.34. The van der Waals surface area contributed by atoms with Crippen LogP contribution in [0.25, 0.3) is 0 Å². The second kappa shape index (κ2) is 4.63. The number of hydrogen-bond acceptors (Lipinski definition) is 2. The van der Waals surface area contributed by atoms with Gasteiger partial charge in [-0.2, -0.15) is 0 Å². The van der Waals surface area contributed by atoms with Crippen LogP contribution in [0.15, 0.2) is 0 Å². The quantitative estimate of drug-likeness (QED) is 0.690. The zero-order valence-corrected chi connectivity index (χ0v) is 9.52. The van der Waals surface area contributed by atoms with E-state index in [4.69, 9.17) is 0 Å². The fourth-order valence-corrected chi connectivity index (χ4v) is 2.67. The van der Waals surface area contributed by atoms with Gasteiger partial charge in [0, 0.05) is 13.1 Å². The van der Waals surface area contributed by atoms with Gasteiger partial charge in [-0.1, -0.05) is 19.8 Å². The van der Waals surface area contributed by atoms with Crippen molar-refractivity contribution in [3.8, 4) is 0 Å². The van der Waals surface area contributed by atoms with Gasteiger partial charge in [0.25, 0.3) is 0 Å². The monoisotopic (exact) mass is 196 g/mol. The van der Waals surface area contributed by atoms with Gasteiger partial charge in [-0.15, -0.1) is 0 Å². The minimum Gasteiger partial charge on any atom is -0.316 e. The molecule has 2 aliphatic heterocycles. The van der Waals surface area contributed by atoms with E-state index in [9.17, 15) is 0 Å². The molecule has 2 heterocycles. The molecule has 2 rings (SSSR count). The van der Waals surface area contributed by atoms with E-state index in [1.54, 1.807) is 0 Å². The molecule has 1 spiro atoms. The van der Waals surface area contributed by atoms with Gasteiger partial charge in [0.1, 0.15) is 0 Å². The largest absolute Gasteiger partial charge is 0.316 e. The summed E-state index contributed by atoms with van der Waals surface area (Å²) in [7, 11) is 0. The third-order valence-corrected chi connectivity index (χ3v) is 3.99. The number of likely N-dealkylation sites (tertiary alicyclic amines) is 1. The highest BCUT2D eigenvalue weighted by Gasteiger charge is 2.39. The van der Waals surface area contributed by atoms with Gasteiger partial charge in [-0.25, -0.2) is 0 Å². The smallest absolute Gasteiger partial charge is 0.00212 e. The Labute approximate surface area is 88.1 Å². The second-order valence-corrected chi connectivity index (χ2v) is 5.15. The first-order chi connectivity index (χ1) is 6.85. The molecule has 0 aromatic carbocycles. The maximum absolute atomic E-state index is 3.42. The summed E-state index contributed by atoms with van der Waals surface area (Å²) in [6.07, 6.45) is 7.03. The SMILES string of the molecule is CCCCCN1CCC2(CC1)CNC2. The third kappa shape index (κ3) is 2.29. The van der Waals surface area contributed by atoms with Crippen molar-refractivity contribution in [2.75, 3.05) is 32.7 Å². The van der Waals surface area contributed by atoms with Gasteiger partial charge in [-0.05, 0) is 44.3 Å². The summed E-state index contributed by atoms with van der Waals surface area (Å²) in [5.74, 6) is 0. The van der Waals surface area contributed by atoms with Crippen molar-refractivity contribution in [1.29, 1.82) is 0 Å². The van der Waals surface area contributed by atoms with E-state index in [1.807, 2.05) is 0 Å². The van der Waals surface area contributed by atoms with Gasteiger partial charge in [0.2, 0.25) is 0 Å². The molecule has 0 aromatic rings. The van der Waals surface area contributed by atoms with Gasteiger partial charge in [0.05, 0.1) is 0 Å². The van der Waals surface area contributed by atoms with Crippen molar-refractivity contribution in [3.05, 3.63) is 0 Å². The van der Waals surface area contributed by atoms with Crippen LogP contribution in [0, 0.1) is 5.41 Å². The average Bonchev–Trinajstić information content (AvgIpc) is 2.17. The van der Waals surface area contributed by atoms with Crippen LogP contribution in [-0.2, 0) is 0 Å². The molecule has 0 saturated carbocycles. The van der Waals surface area contributed by atoms with Crippen LogP contribution in [0.4, 0.5) is 0 Å². The first kappa shape index (κ1) is 10.4. The van der Waals surface area contributed by atoms with Crippen LogP contribution in [0.1, 0.15) is 39.0 Å². The van der Waals surface area contributed by atoms with E-state index in [0.29, 0.717) is 0 Å². The molecule has 2 fully saturated rings. The number of rotatable bonds is 4. The maximum Gasteiger partial charge on any atom is 0.00212 e. The lowest BCUT2D eigenvalue weighted by Crippen LogP contribution is -2.58. The van der Waals surface area contributed by atoms with Crippen molar-refractivity contribution in [2.45, 2.75) is 39.0 Å². The van der Waals surface area contributed by atoms with Crippen LogP contribution in [-0.4, -0.2) is 37.6 Å². The summed E-state index contributed by atoms with van der Waals surface area (Å²) in [5.41, 5.74) is 0.723. The van der Waals surface area contributed by atoms with Crippen molar-refractivity contribution < 1.29 is 0 Å². The molecule has 2 saturated heterocycles. The number of unbranched alkanes of at least 4 members (excludes halogenated alkanes) is 2. The molecular weight excluding hydrogens is 172 g/mol. The molecule has 0 aliphatic carbocycles. The molecule has 2 aliphatic rings. The number of nitrogens with zero attached hydrogens (tertiary/aromatic N) is 1. The number of hydrogen-bond donors (Lipinski definition) is 1. The molecular formula is C12H24N2. The Kier molecular flexibility index (Phi) is 3.45. The molecule has 0 unspecified atom stereocenters. The predicted octanol–water partition coefficient (Wildman–Crippen LogP) is 1.86. The summed E-state index contributed by atoms with van der Waals surface area (Å²) in [4.78, 5) is 2.67. The Balaban J connectivity index is 1.63. The summed E-state index contributed by atoms with van der Waals surface area (Å²) in [6.45, 7) is 8.91. The van der Waals surface area contributed by atoms with Crippen molar-refractivity contribution in [2.24, 2.45) is 5.41 Å². The lowest BCUT2D eigenvalue weighted by molar-refractivity contribution is 0.0547. The van der Waals surface area contributed by atoms with Gasteiger partial charge >= 0.3 is 0 Å². The van der Waals surface area contributed by atoms with E-state index in [1.165, 1.54) is 64.8 Å². The zero-order valence-electron chi connectivity index (χ0n) is 9.52. The molecule has 0 aromatic heterocycles. The lowest BCUT2D eigenvalue weighted by Gasteiger charge is -2.48. The first-order valence-electron chi connectivity index (χ1n) is 6.28. The van der Waals surface area contributed by atoms with E-state index in [2.05, 4.69) is 17.1 Å². The Morgan fingerprint density at radius 1 is 1.14 bits per heavy atom.